The summed E-state index contributed by atoms with van der Waals surface area (Å²) in [5, 5.41) is 5.48. The summed E-state index contributed by atoms with van der Waals surface area (Å²) in [7, 11) is 3.05. The van der Waals surface area contributed by atoms with Gasteiger partial charge in [0, 0.05) is 18.7 Å². The summed E-state index contributed by atoms with van der Waals surface area (Å²) >= 11 is 7.36. The Morgan fingerprint density at radius 2 is 2.14 bits per heavy atom. The van der Waals surface area contributed by atoms with E-state index >= 15 is 0 Å². The molecule has 1 N–H and O–H groups in total. The van der Waals surface area contributed by atoms with Gasteiger partial charge in [-0.05, 0) is 33.6 Å². The van der Waals surface area contributed by atoms with Crippen LogP contribution in [-0.2, 0) is 11.2 Å². The van der Waals surface area contributed by atoms with Gasteiger partial charge in [0.25, 0.3) is 0 Å². The Morgan fingerprint density at radius 3 is 2.67 bits per heavy atom. The van der Waals surface area contributed by atoms with Gasteiger partial charge in [0.15, 0.2) is 17.5 Å². The van der Waals surface area contributed by atoms with Gasteiger partial charge < -0.3 is 14.8 Å². The highest BCUT2D eigenvalue weighted by molar-refractivity contribution is 9.10. The number of halogens is 1. The number of nitrogens with zero attached hydrogens (tertiary/aromatic N) is 1. The first-order chi connectivity index (χ1) is 10.1. The van der Waals surface area contributed by atoms with E-state index in [2.05, 4.69) is 39.1 Å². The number of hydrogen-bond acceptors (Lipinski definition) is 6. The average Bonchev–Trinajstić information content (AvgIpc) is 2.49. The van der Waals surface area contributed by atoms with E-state index in [0.717, 1.165) is 5.56 Å². The van der Waals surface area contributed by atoms with Gasteiger partial charge in [-0.25, -0.2) is 0 Å². The number of rotatable bonds is 8. The molecular formula is C13H17BrN2O4S. The molecular weight excluding hydrogens is 360 g/mol. The van der Waals surface area contributed by atoms with Gasteiger partial charge in [0.2, 0.25) is 5.91 Å². The quantitative estimate of drug-likeness (QED) is 0.538. The third-order valence-corrected chi connectivity index (χ3v) is 3.58. The standard InChI is InChI=1S/C13H17BrN2O4S/c1-19-11-7-8(5-9(14)12(11)20-2)6-10(16-18)13(17)15-3-4-21/h5,7,10,21H,3-4,6H2,1-2H3,(H,15,17). The van der Waals surface area contributed by atoms with Gasteiger partial charge in [-0.15, -0.1) is 4.91 Å². The smallest absolute Gasteiger partial charge is 0.248 e. The van der Waals surface area contributed by atoms with E-state index in [9.17, 15) is 9.70 Å². The Morgan fingerprint density at radius 1 is 1.43 bits per heavy atom. The molecule has 6 nitrogen and oxygen atoms in total. The molecule has 1 rings (SSSR count). The second kappa shape index (κ2) is 8.89. The van der Waals surface area contributed by atoms with Crippen LogP contribution >= 0.6 is 28.6 Å². The Kier molecular flexibility index (Phi) is 7.52. The van der Waals surface area contributed by atoms with Crippen LogP contribution in [0.2, 0.25) is 0 Å². The normalized spacial score (nSPS) is 11.6. The number of ether oxygens (including phenoxy) is 2. The molecule has 21 heavy (non-hydrogen) atoms. The number of methoxy groups -OCH3 is 2. The number of hydrogen-bond donors (Lipinski definition) is 2. The van der Waals surface area contributed by atoms with Crippen LogP contribution < -0.4 is 14.8 Å². The van der Waals surface area contributed by atoms with E-state index in [-0.39, 0.29) is 6.42 Å². The van der Waals surface area contributed by atoms with E-state index < -0.39 is 11.9 Å². The van der Waals surface area contributed by atoms with Crippen LogP contribution in [0.4, 0.5) is 0 Å². The third-order valence-electron chi connectivity index (χ3n) is 2.76. The Balaban J connectivity index is 2.92. The molecule has 0 spiro atoms. The van der Waals surface area contributed by atoms with Crippen molar-refractivity contribution in [3.05, 3.63) is 27.1 Å². The number of thiol groups is 1. The van der Waals surface area contributed by atoms with Crippen molar-refractivity contribution in [2.45, 2.75) is 12.5 Å². The second-order valence-electron chi connectivity index (χ2n) is 4.15. The molecule has 0 heterocycles. The molecule has 116 valence electrons. The van der Waals surface area contributed by atoms with Crippen LogP contribution in [0.25, 0.3) is 0 Å². The van der Waals surface area contributed by atoms with Gasteiger partial charge in [-0.3, -0.25) is 4.79 Å². The van der Waals surface area contributed by atoms with Gasteiger partial charge in [-0.1, -0.05) is 5.18 Å². The SMILES string of the molecule is COc1cc(CC(N=O)C(=O)NCCS)cc(Br)c1OC. The highest BCUT2D eigenvalue weighted by atomic mass is 79.9. The van der Waals surface area contributed by atoms with Crippen LogP contribution in [0, 0.1) is 4.91 Å². The van der Waals surface area contributed by atoms with E-state index in [4.69, 9.17) is 9.47 Å². The summed E-state index contributed by atoms with van der Waals surface area (Å²) in [4.78, 5) is 22.7. The van der Waals surface area contributed by atoms with Crippen LogP contribution in [0.5, 0.6) is 11.5 Å². The summed E-state index contributed by atoms with van der Waals surface area (Å²) in [6, 6.07) is 2.49. The minimum absolute atomic E-state index is 0.181. The zero-order valence-corrected chi connectivity index (χ0v) is 14.2. The topological polar surface area (TPSA) is 77.0 Å². The molecule has 8 heteroatoms. The minimum atomic E-state index is -0.991. The van der Waals surface area contributed by atoms with Crippen molar-refractivity contribution in [1.29, 1.82) is 0 Å². The molecule has 1 aromatic rings. The summed E-state index contributed by atoms with van der Waals surface area (Å²) in [5.74, 6) is 1.16. The van der Waals surface area contributed by atoms with Crippen LogP contribution in [-0.4, -0.2) is 38.5 Å². The molecule has 1 amide bonds. The molecule has 0 radical (unpaired) electrons. The molecule has 0 aromatic heterocycles. The summed E-state index contributed by atoms with van der Waals surface area (Å²) in [5.41, 5.74) is 0.741. The molecule has 0 fully saturated rings. The Hall–Kier alpha value is -1.28. The zero-order valence-electron chi connectivity index (χ0n) is 11.8. The predicted octanol–water partition coefficient (Wildman–Crippen LogP) is 2.19. The van der Waals surface area contributed by atoms with Crippen LogP contribution in [0.3, 0.4) is 0 Å². The van der Waals surface area contributed by atoms with Crippen molar-refractivity contribution in [3.8, 4) is 11.5 Å². The molecule has 0 bridgehead atoms. The number of carbonyl (C=O) groups is 1. The van der Waals surface area contributed by atoms with E-state index in [1.54, 1.807) is 12.1 Å². The van der Waals surface area contributed by atoms with Crippen LogP contribution in [0.1, 0.15) is 5.56 Å². The van der Waals surface area contributed by atoms with E-state index in [1.165, 1.54) is 14.2 Å². The Labute approximate surface area is 137 Å². The van der Waals surface area contributed by atoms with Gasteiger partial charge in [0.1, 0.15) is 0 Å². The lowest BCUT2D eigenvalue weighted by molar-refractivity contribution is -0.122. The molecule has 0 saturated carbocycles. The fraction of sp³-hybridized carbons (Fsp3) is 0.462. The van der Waals surface area contributed by atoms with E-state index in [0.29, 0.717) is 28.3 Å². The lowest BCUT2D eigenvalue weighted by atomic mass is 10.1. The van der Waals surface area contributed by atoms with Crippen molar-refractivity contribution in [2.24, 2.45) is 5.18 Å². The fourth-order valence-electron chi connectivity index (χ4n) is 1.79. The van der Waals surface area contributed by atoms with Gasteiger partial charge >= 0.3 is 0 Å². The summed E-state index contributed by atoms with van der Waals surface area (Å²) in [6.45, 7) is 0.392. The number of carbonyl (C=O) groups excluding carboxylic acids is 1. The largest absolute Gasteiger partial charge is 0.493 e. The lowest BCUT2D eigenvalue weighted by Crippen LogP contribution is -2.35. The molecule has 0 aliphatic heterocycles. The number of nitroso groups, excluding NO2 is 1. The monoisotopic (exact) mass is 376 g/mol. The maximum atomic E-state index is 11.8. The number of amides is 1. The third kappa shape index (κ3) is 4.89. The average molecular weight is 377 g/mol. The van der Waals surface area contributed by atoms with Crippen molar-refractivity contribution >= 4 is 34.5 Å². The van der Waals surface area contributed by atoms with Crippen molar-refractivity contribution in [2.75, 3.05) is 26.5 Å². The molecule has 0 aliphatic carbocycles. The molecule has 1 unspecified atom stereocenters. The number of benzene rings is 1. The molecule has 0 aliphatic rings. The van der Waals surface area contributed by atoms with Crippen LogP contribution in [0.15, 0.2) is 21.8 Å². The highest BCUT2D eigenvalue weighted by Crippen LogP contribution is 2.36. The maximum Gasteiger partial charge on any atom is 0.248 e. The lowest BCUT2D eigenvalue weighted by Gasteiger charge is -2.14. The maximum absolute atomic E-state index is 11.8. The fourth-order valence-corrected chi connectivity index (χ4v) is 2.55. The molecule has 1 aromatic carbocycles. The van der Waals surface area contributed by atoms with Crippen molar-refractivity contribution in [1.82, 2.24) is 5.32 Å². The first-order valence-corrected chi connectivity index (χ1v) is 7.61. The molecule has 1 atom stereocenters. The van der Waals surface area contributed by atoms with Gasteiger partial charge in [0.05, 0.1) is 18.7 Å². The van der Waals surface area contributed by atoms with Crippen molar-refractivity contribution in [3.63, 3.8) is 0 Å². The summed E-state index contributed by atoms with van der Waals surface area (Å²) in [6.07, 6.45) is 0.181. The van der Waals surface area contributed by atoms with Gasteiger partial charge in [-0.2, -0.15) is 12.6 Å². The molecule has 0 saturated heterocycles. The predicted molar refractivity (Wildman–Crippen MR) is 87.4 cm³/mol. The minimum Gasteiger partial charge on any atom is -0.493 e. The first-order valence-electron chi connectivity index (χ1n) is 6.18. The van der Waals surface area contributed by atoms with E-state index in [1.807, 2.05) is 0 Å². The first kappa shape index (κ1) is 17.8. The zero-order chi connectivity index (χ0) is 15.8. The van der Waals surface area contributed by atoms with Crippen molar-refractivity contribution < 1.29 is 14.3 Å². The summed E-state index contributed by atoms with van der Waals surface area (Å²) < 4.78 is 11.1. The number of nitrogens with one attached hydrogen (secondary N) is 1. The highest BCUT2D eigenvalue weighted by Gasteiger charge is 2.21. The Bertz CT molecular complexity index is 513. The second-order valence-corrected chi connectivity index (χ2v) is 5.45.